The molecule has 0 aliphatic rings. The Hall–Kier alpha value is -1.64. The largest absolute Gasteiger partial charge is 0.339 e. The lowest BCUT2D eigenvalue weighted by atomic mass is 10.2. The lowest BCUT2D eigenvalue weighted by Crippen LogP contribution is -1.82. The number of aryl methyl sites for hydroxylation is 1. The molecule has 3 heteroatoms. The van der Waals surface area contributed by atoms with Crippen LogP contribution in [0.4, 0.5) is 0 Å². The molecule has 3 nitrogen and oxygen atoms in total. The SMILES string of the molecule is C=C/C=C(\C=C)c1noc(C)n1.CCC. The molecular weight excluding hydrogens is 188 g/mol. The Morgan fingerprint density at radius 1 is 1.40 bits per heavy atom. The number of nitrogens with zero attached hydrogens (tertiary/aromatic N) is 2. The van der Waals surface area contributed by atoms with Crippen LogP contribution in [0, 0.1) is 6.92 Å². The number of aromatic nitrogens is 2. The highest BCUT2D eigenvalue weighted by atomic mass is 16.5. The van der Waals surface area contributed by atoms with E-state index >= 15 is 0 Å². The van der Waals surface area contributed by atoms with Gasteiger partial charge in [0.25, 0.3) is 0 Å². The quantitative estimate of drug-likeness (QED) is 0.710. The van der Waals surface area contributed by atoms with Gasteiger partial charge in [0.2, 0.25) is 11.7 Å². The predicted molar refractivity (Wildman–Crippen MR) is 63.4 cm³/mol. The standard InChI is InChI=1S/C9H10N2O.C3H8/c1-4-6-8(5-2)9-10-7(3)12-11-9;1-3-2/h4-6H,1-2H2,3H3;3H2,1-2H3/b8-6+;. The lowest BCUT2D eigenvalue weighted by Gasteiger charge is -1.89. The van der Waals surface area contributed by atoms with Crippen molar-refractivity contribution in [3.8, 4) is 0 Å². The first-order chi connectivity index (χ1) is 7.19. The summed E-state index contributed by atoms with van der Waals surface area (Å²) in [6.45, 7) is 13.2. The van der Waals surface area contributed by atoms with Crippen molar-refractivity contribution < 1.29 is 4.52 Å². The predicted octanol–water partition coefficient (Wildman–Crippen LogP) is 3.55. The van der Waals surface area contributed by atoms with Crippen LogP contribution >= 0.6 is 0 Å². The van der Waals surface area contributed by atoms with Crippen LogP contribution in [0.25, 0.3) is 5.57 Å². The minimum atomic E-state index is 0.543. The molecule has 0 aliphatic heterocycles. The van der Waals surface area contributed by atoms with Gasteiger partial charge in [-0.1, -0.05) is 56.8 Å². The van der Waals surface area contributed by atoms with Gasteiger partial charge in [0, 0.05) is 12.5 Å². The molecule has 0 aliphatic carbocycles. The van der Waals surface area contributed by atoms with Gasteiger partial charge in [-0.15, -0.1) is 0 Å². The molecule has 0 spiro atoms. The summed E-state index contributed by atoms with van der Waals surface area (Å²) in [5.74, 6) is 1.09. The smallest absolute Gasteiger partial charge is 0.223 e. The summed E-state index contributed by atoms with van der Waals surface area (Å²) in [6.07, 6.45) is 6.34. The summed E-state index contributed by atoms with van der Waals surface area (Å²) in [4.78, 5) is 4.04. The maximum absolute atomic E-state index is 4.81. The van der Waals surface area contributed by atoms with Crippen LogP contribution in [0.2, 0.25) is 0 Å². The van der Waals surface area contributed by atoms with Crippen LogP contribution < -0.4 is 0 Å². The van der Waals surface area contributed by atoms with Crippen molar-refractivity contribution in [2.45, 2.75) is 27.2 Å². The molecule has 0 radical (unpaired) electrons. The van der Waals surface area contributed by atoms with Crippen molar-refractivity contribution in [2.24, 2.45) is 0 Å². The average molecular weight is 206 g/mol. The van der Waals surface area contributed by atoms with Crippen LogP contribution in [0.3, 0.4) is 0 Å². The Morgan fingerprint density at radius 3 is 2.33 bits per heavy atom. The molecule has 0 fully saturated rings. The maximum atomic E-state index is 4.81. The lowest BCUT2D eigenvalue weighted by molar-refractivity contribution is 0.391. The van der Waals surface area contributed by atoms with E-state index in [2.05, 4.69) is 37.1 Å². The molecule has 1 rings (SSSR count). The second-order valence-electron chi connectivity index (χ2n) is 2.91. The van der Waals surface area contributed by atoms with Crippen LogP contribution in [-0.4, -0.2) is 10.1 Å². The normalized spacial score (nSPS) is 10.2. The molecule has 1 aromatic heterocycles. The maximum Gasteiger partial charge on any atom is 0.223 e. The molecule has 0 bridgehead atoms. The molecule has 0 saturated heterocycles. The minimum Gasteiger partial charge on any atom is -0.339 e. The molecule has 15 heavy (non-hydrogen) atoms. The van der Waals surface area contributed by atoms with Gasteiger partial charge in [0.05, 0.1) is 0 Å². The van der Waals surface area contributed by atoms with E-state index in [9.17, 15) is 0 Å². The summed E-state index contributed by atoms with van der Waals surface area (Å²) in [5, 5.41) is 3.73. The number of rotatable bonds is 3. The third-order valence-corrected chi connectivity index (χ3v) is 1.30. The second kappa shape index (κ2) is 7.74. The van der Waals surface area contributed by atoms with Gasteiger partial charge in [-0.25, -0.2) is 0 Å². The van der Waals surface area contributed by atoms with Crippen LogP contribution in [0.5, 0.6) is 0 Å². The third-order valence-electron chi connectivity index (χ3n) is 1.30. The molecule has 0 amide bonds. The first-order valence-electron chi connectivity index (χ1n) is 4.95. The average Bonchev–Trinajstić information content (AvgIpc) is 2.62. The van der Waals surface area contributed by atoms with E-state index in [0.29, 0.717) is 11.7 Å². The molecule has 0 aromatic carbocycles. The van der Waals surface area contributed by atoms with Crippen molar-refractivity contribution >= 4 is 5.57 Å². The van der Waals surface area contributed by atoms with E-state index in [1.54, 1.807) is 25.2 Å². The van der Waals surface area contributed by atoms with Crippen molar-refractivity contribution in [1.29, 1.82) is 0 Å². The van der Waals surface area contributed by atoms with Gasteiger partial charge in [-0.2, -0.15) is 4.98 Å². The van der Waals surface area contributed by atoms with E-state index < -0.39 is 0 Å². The van der Waals surface area contributed by atoms with Gasteiger partial charge in [-0.3, -0.25) is 0 Å². The summed E-state index contributed by atoms with van der Waals surface area (Å²) >= 11 is 0. The number of hydrogen-bond acceptors (Lipinski definition) is 3. The molecule has 0 atom stereocenters. The summed E-state index contributed by atoms with van der Waals surface area (Å²) in [5.41, 5.74) is 0.807. The fraction of sp³-hybridized carbons (Fsp3) is 0.333. The van der Waals surface area contributed by atoms with E-state index in [4.69, 9.17) is 4.52 Å². The van der Waals surface area contributed by atoms with Gasteiger partial charge in [0.15, 0.2) is 0 Å². The zero-order valence-electron chi connectivity index (χ0n) is 9.66. The Kier molecular flexibility index (Phi) is 6.89. The number of allylic oxidation sites excluding steroid dienone is 4. The Bertz CT molecular complexity index is 337. The fourth-order valence-corrected chi connectivity index (χ4v) is 0.777. The highest BCUT2D eigenvalue weighted by Crippen LogP contribution is 2.10. The second-order valence-corrected chi connectivity index (χ2v) is 2.91. The molecule has 0 unspecified atom stereocenters. The fourth-order valence-electron chi connectivity index (χ4n) is 0.777. The van der Waals surface area contributed by atoms with Crippen LogP contribution in [0.15, 0.2) is 35.9 Å². The van der Waals surface area contributed by atoms with Crippen molar-refractivity contribution in [1.82, 2.24) is 10.1 Å². The summed E-state index contributed by atoms with van der Waals surface area (Å²) < 4.78 is 4.81. The van der Waals surface area contributed by atoms with Gasteiger partial charge in [-0.05, 0) is 0 Å². The van der Waals surface area contributed by atoms with Gasteiger partial charge >= 0.3 is 0 Å². The molecule has 1 heterocycles. The molecule has 82 valence electrons. The zero-order valence-corrected chi connectivity index (χ0v) is 9.66. The molecule has 1 aromatic rings. The van der Waals surface area contributed by atoms with Gasteiger partial charge < -0.3 is 4.52 Å². The van der Waals surface area contributed by atoms with Crippen LogP contribution in [0.1, 0.15) is 32.0 Å². The first-order valence-corrected chi connectivity index (χ1v) is 4.95. The third kappa shape index (κ3) is 4.96. The highest BCUT2D eigenvalue weighted by molar-refractivity contribution is 5.69. The van der Waals surface area contributed by atoms with E-state index in [1.807, 2.05) is 0 Å². The van der Waals surface area contributed by atoms with Crippen LogP contribution in [-0.2, 0) is 0 Å². The highest BCUT2D eigenvalue weighted by Gasteiger charge is 2.03. The van der Waals surface area contributed by atoms with Gasteiger partial charge in [0.1, 0.15) is 0 Å². The van der Waals surface area contributed by atoms with Crippen molar-refractivity contribution in [2.75, 3.05) is 0 Å². The Labute approximate surface area is 91.2 Å². The van der Waals surface area contributed by atoms with Crippen molar-refractivity contribution in [3.63, 3.8) is 0 Å². The molecular formula is C12H18N2O. The molecule has 0 N–H and O–H groups in total. The molecule has 0 saturated carbocycles. The topological polar surface area (TPSA) is 38.9 Å². The van der Waals surface area contributed by atoms with E-state index in [-0.39, 0.29) is 0 Å². The van der Waals surface area contributed by atoms with E-state index in [1.165, 1.54) is 6.42 Å². The number of hydrogen-bond donors (Lipinski definition) is 0. The zero-order chi connectivity index (χ0) is 11.7. The monoisotopic (exact) mass is 206 g/mol. The minimum absolute atomic E-state index is 0.543. The van der Waals surface area contributed by atoms with Crippen molar-refractivity contribution in [3.05, 3.63) is 43.1 Å². The Balaban J connectivity index is 0.000000583. The van der Waals surface area contributed by atoms with E-state index in [0.717, 1.165) is 5.57 Å². The Morgan fingerprint density at radius 2 is 2.00 bits per heavy atom. The summed E-state index contributed by atoms with van der Waals surface area (Å²) in [6, 6.07) is 0. The first kappa shape index (κ1) is 13.4. The summed E-state index contributed by atoms with van der Waals surface area (Å²) in [7, 11) is 0.